The highest BCUT2D eigenvalue weighted by Gasteiger charge is 2.12. The Morgan fingerprint density at radius 2 is 2.03 bits per heavy atom. The molecule has 0 aliphatic heterocycles. The molecule has 0 saturated carbocycles. The number of nitrogens with zero attached hydrogens (tertiary/aromatic N) is 1. The van der Waals surface area contributed by atoms with Crippen molar-refractivity contribution >= 4 is 39.9 Å². The highest BCUT2D eigenvalue weighted by molar-refractivity contribution is 9.10. The average Bonchev–Trinajstić information content (AvgIpc) is 3.25. The summed E-state index contributed by atoms with van der Waals surface area (Å²) in [4.78, 5) is 35.2. The van der Waals surface area contributed by atoms with Gasteiger partial charge in [-0.25, -0.2) is 5.43 Å². The number of carbonyl (C=O) groups is 3. The van der Waals surface area contributed by atoms with Crippen LogP contribution in [-0.4, -0.2) is 50.8 Å². The highest BCUT2D eigenvalue weighted by atomic mass is 79.9. The van der Waals surface area contributed by atoms with Gasteiger partial charge in [-0.1, -0.05) is 15.9 Å². The van der Waals surface area contributed by atoms with Crippen LogP contribution in [0.3, 0.4) is 0 Å². The summed E-state index contributed by atoms with van der Waals surface area (Å²) in [5, 5.41) is 8.80. The van der Waals surface area contributed by atoms with Gasteiger partial charge in [0, 0.05) is 23.7 Å². The minimum absolute atomic E-state index is 0.206. The second-order valence-corrected chi connectivity index (χ2v) is 6.69. The van der Waals surface area contributed by atoms with E-state index in [2.05, 4.69) is 37.1 Å². The molecule has 0 spiro atoms. The molecular formula is C19H21BrN4O6. The Morgan fingerprint density at radius 1 is 1.20 bits per heavy atom. The van der Waals surface area contributed by atoms with E-state index in [0.717, 1.165) is 4.47 Å². The Kier molecular flexibility index (Phi) is 9.55. The summed E-state index contributed by atoms with van der Waals surface area (Å²) in [5.74, 6) is -1.09. The van der Waals surface area contributed by atoms with Crippen molar-refractivity contribution in [2.24, 2.45) is 5.10 Å². The van der Waals surface area contributed by atoms with Crippen molar-refractivity contribution in [2.75, 3.05) is 26.9 Å². The van der Waals surface area contributed by atoms with Crippen molar-refractivity contribution in [1.29, 1.82) is 0 Å². The van der Waals surface area contributed by atoms with Crippen molar-refractivity contribution < 1.29 is 28.3 Å². The van der Waals surface area contributed by atoms with E-state index in [1.165, 1.54) is 19.6 Å². The lowest BCUT2D eigenvalue weighted by atomic mass is 10.2. The molecule has 0 radical (unpaired) electrons. The van der Waals surface area contributed by atoms with E-state index in [-0.39, 0.29) is 32.2 Å². The number of hydrogen-bond acceptors (Lipinski definition) is 7. The molecule has 160 valence electrons. The molecule has 0 aliphatic carbocycles. The van der Waals surface area contributed by atoms with Gasteiger partial charge in [-0.15, -0.1) is 0 Å². The number of hydrazone groups is 1. The van der Waals surface area contributed by atoms with E-state index >= 15 is 0 Å². The number of hydrogen-bond donors (Lipinski definition) is 3. The third-order valence-corrected chi connectivity index (χ3v) is 4.03. The molecule has 1 heterocycles. The number of amides is 3. The lowest BCUT2D eigenvalue weighted by molar-refractivity contribution is -0.139. The normalized spacial score (nSPS) is 10.6. The zero-order chi connectivity index (χ0) is 21.8. The maximum absolute atomic E-state index is 11.9. The third kappa shape index (κ3) is 8.05. The summed E-state index contributed by atoms with van der Waals surface area (Å²) in [6.07, 6.45) is 2.83. The van der Waals surface area contributed by atoms with Gasteiger partial charge in [0.1, 0.15) is 11.5 Å². The molecule has 0 fully saturated rings. The van der Waals surface area contributed by atoms with Gasteiger partial charge in [0.15, 0.2) is 6.61 Å². The number of furan rings is 1. The van der Waals surface area contributed by atoms with E-state index in [1.807, 2.05) is 0 Å². The summed E-state index contributed by atoms with van der Waals surface area (Å²) >= 11 is 3.33. The van der Waals surface area contributed by atoms with Crippen LogP contribution in [0.4, 0.5) is 0 Å². The first-order valence-corrected chi connectivity index (χ1v) is 9.60. The Hall–Kier alpha value is -3.18. The van der Waals surface area contributed by atoms with Gasteiger partial charge in [0.25, 0.3) is 5.91 Å². The maximum Gasteiger partial charge on any atom is 0.329 e. The fraction of sp³-hybridized carbons (Fsp3) is 0.263. The molecular weight excluding hydrogens is 460 g/mol. The summed E-state index contributed by atoms with van der Waals surface area (Å²) in [6, 6.07) is 8.54. The van der Waals surface area contributed by atoms with Crippen LogP contribution in [0, 0.1) is 0 Å². The van der Waals surface area contributed by atoms with Gasteiger partial charge in [0.2, 0.25) is 0 Å². The molecule has 30 heavy (non-hydrogen) atoms. The first-order chi connectivity index (χ1) is 14.5. The molecule has 0 atom stereocenters. The van der Waals surface area contributed by atoms with E-state index in [9.17, 15) is 14.4 Å². The zero-order valence-corrected chi connectivity index (χ0v) is 17.7. The van der Waals surface area contributed by atoms with Crippen LogP contribution < -0.4 is 20.8 Å². The van der Waals surface area contributed by atoms with Crippen LogP contribution in [0.5, 0.6) is 5.75 Å². The minimum Gasteiger partial charge on any atom is -0.483 e. The molecule has 3 amide bonds. The van der Waals surface area contributed by atoms with E-state index in [4.69, 9.17) is 13.9 Å². The van der Waals surface area contributed by atoms with Crippen LogP contribution in [0.15, 0.2) is 50.6 Å². The van der Waals surface area contributed by atoms with E-state index in [0.29, 0.717) is 17.1 Å². The van der Waals surface area contributed by atoms with Gasteiger partial charge in [-0.05, 0) is 30.3 Å². The molecule has 11 heteroatoms. The lowest BCUT2D eigenvalue weighted by Crippen LogP contribution is -2.39. The van der Waals surface area contributed by atoms with Crippen molar-refractivity contribution in [3.05, 3.63) is 52.4 Å². The largest absolute Gasteiger partial charge is 0.483 e. The van der Waals surface area contributed by atoms with E-state index < -0.39 is 11.8 Å². The summed E-state index contributed by atoms with van der Waals surface area (Å²) in [6.45, 7) is 0.522. The summed E-state index contributed by atoms with van der Waals surface area (Å²) in [7, 11) is 1.48. The van der Waals surface area contributed by atoms with Crippen LogP contribution in [0.25, 0.3) is 0 Å². The second-order valence-electron chi connectivity index (χ2n) is 5.77. The topological polar surface area (TPSA) is 131 Å². The van der Waals surface area contributed by atoms with Crippen molar-refractivity contribution in [2.45, 2.75) is 6.54 Å². The number of methoxy groups -OCH3 is 1. The first-order valence-electron chi connectivity index (χ1n) is 8.81. The second kappa shape index (κ2) is 12.4. The van der Waals surface area contributed by atoms with Crippen molar-refractivity contribution in [1.82, 2.24) is 16.1 Å². The average molecular weight is 481 g/mol. The molecule has 0 aliphatic rings. The molecule has 0 bridgehead atoms. The molecule has 0 unspecified atom stereocenters. The predicted molar refractivity (Wildman–Crippen MR) is 111 cm³/mol. The molecule has 0 saturated heterocycles. The van der Waals surface area contributed by atoms with Crippen LogP contribution >= 0.6 is 15.9 Å². The summed E-state index contributed by atoms with van der Waals surface area (Å²) < 4.78 is 16.2. The van der Waals surface area contributed by atoms with Crippen LogP contribution in [0.1, 0.15) is 11.3 Å². The molecule has 2 rings (SSSR count). The van der Waals surface area contributed by atoms with Crippen molar-refractivity contribution in [3.8, 4) is 5.75 Å². The number of rotatable bonds is 10. The Morgan fingerprint density at radius 3 is 2.77 bits per heavy atom. The monoisotopic (exact) mass is 480 g/mol. The number of benzene rings is 1. The predicted octanol–water partition coefficient (Wildman–Crippen LogP) is 0.950. The Labute approximate surface area is 181 Å². The molecule has 1 aromatic carbocycles. The maximum atomic E-state index is 11.9. The number of ether oxygens (including phenoxy) is 2. The quantitative estimate of drug-likeness (QED) is 0.201. The van der Waals surface area contributed by atoms with Gasteiger partial charge in [-0.3, -0.25) is 14.4 Å². The fourth-order valence-electron chi connectivity index (χ4n) is 2.10. The smallest absolute Gasteiger partial charge is 0.329 e. The standard InChI is InChI=1S/C19H21BrN4O6/c1-28-8-6-21-18(26)19(27)24-23-10-13-9-14(20)4-5-16(13)30-12-17(25)22-11-15-3-2-7-29-15/h2-5,7,9-10H,6,8,11-12H2,1H3,(H,21,26)(H,22,25)(H,24,27)/b23-10-. The molecule has 3 N–H and O–H groups in total. The summed E-state index contributed by atoms with van der Waals surface area (Å²) in [5.41, 5.74) is 2.61. The lowest BCUT2D eigenvalue weighted by Gasteiger charge is -2.09. The SMILES string of the molecule is COCCNC(=O)C(=O)N/N=C\c1cc(Br)ccc1OCC(=O)NCc1ccco1. The first kappa shape index (κ1) is 23.1. The molecule has 1 aromatic heterocycles. The van der Waals surface area contributed by atoms with Gasteiger partial charge >= 0.3 is 11.8 Å². The number of carbonyl (C=O) groups excluding carboxylic acids is 3. The van der Waals surface area contributed by atoms with Crippen LogP contribution in [-0.2, 0) is 25.7 Å². The van der Waals surface area contributed by atoms with Crippen LogP contribution in [0.2, 0.25) is 0 Å². The molecule has 2 aromatic rings. The third-order valence-electron chi connectivity index (χ3n) is 3.54. The van der Waals surface area contributed by atoms with E-state index in [1.54, 1.807) is 30.3 Å². The Bertz CT molecular complexity index is 885. The van der Waals surface area contributed by atoms with Gasteiger partial charge in [-0.2, -0.15) is 5.10 Å². The number of halogens is 1. The van der Waals surface area contributed by atoms with Crippen molar-refractivity contribution in [3.63, 3.8) is 0 Å². The molecule has 10 nitrogen and oxygen atoms in total. The zero-order valence-electron chi connectivity index (χ0n) is 16.1. The highest BCUT2D eigenvalue weighted by Crippen LogP contribution is 2.21. The Balaban J connectivity index is 1.87. The van der Waals surface area contributed by atoms with Gasteiger partial charge < -0.3 is 24.5 Å². The minimum atomic E-state index is -0.919. The number of nitrogens with one attached hydrogen (secondary N) is 3. The van der Waals surface area contributed by atoms with Gasteiger partial charge in [0.05, 0.1) is 25.6 Å². The fourth-order valence-corrected chi connectivity index (χ4v) is 2.48.